The van der Waals surface area contributed by atoms with Crippen molar-refractivity contribution in [2.45, 2.75) is 18.4 Å². The van der Waals surface area contributed by atoms with Gasteiger partial charge in [-0.3, -0.25) is 0 Å². The van der Waals surface area contributed by atoms with Crippen molar-refractivity contribution in [1.29, 1.82) is 0 Å². The minimum atomic E-state index is 0.207. The lowest BCUT2D eigenvalue weighted by Crippen LogP contribution is -2.52. The average molecular weight is 157 g/mol. The summed E-state index contributed by atoms with van der Waals surface area (Å²) in [5.74, 6) is 0. The number of methoxy groups -OCH3 is 1. The third-order valence-corrected chi connectivity index (χ3v) is 3.02. The summed E-state index contributed by atoms with van der Waals surface area (Å²) in [6.07, 6.45) is 2.18. The van der Waals surface area contributed by atoms with Gasteiger partial charge in [0.25, 0.3) is 0 Å². The normalized spacial score (nSPS) is 47.5. The van der Waals surface area contributed by atoms with Crippen molar-refractivity contribution in [3.8, 4) is 0 Å². The molecule has 3 aliphatic rings. The Kier molecular flexibility index (Phi) is 1.50. The summed E-state index contributed by atoms with van der Waals surface area (Å²) < 4.78 is 5.11. The molecule has 0 aromatic carbocycles. The van der Waals surface area contributed by atoms with E-state index in [1.54, 1.807) is 7.11 Å². The average Bonchev–Trinajstić information content (AvgIpc) is 2.43. The number of ether oxygens (including phenoxy) is 1. The predicted octanol–water partition coefficient (Wildman–Crippen LogP) is -0.253. The lowest BCUT2D eigenvalue weighted by atomic mass is 9.63. The third kappa shape index (κ3) is 0.916. The summed E-state index contributed by atoms with van der Waals surface area (Å²) in [6, 6.07) is 0. The summed E-state index contributed by atoms with van der Waals surface area (Å²) in [7, 11) is 1.73. The number of fused-ring (bicyclic) bond motifs is 1. The molecule has 0 amide bonds. The Balaban J connectivity index is 1.97. The molecule has 1 saturated carbocycles. The van der Waals surface area contributed by atoms with E-state index in [-0.39, 0.29) is 11.0 Å². The highest BCUT2D eigenvalue weighted by Gasteiger charge is 2.60. The molecule has 0 spiro atoms. The third-order valence-electron chi connectivity index (χ3n) is 3.02. The first kappa shape index (κ1) is 7.53. The van der Waals surface area contributed by atoms with Crippen LogP contribution in [0.2, 0.25) is 0 Å². The second kappa shape index (κ2) is 2.19. The van der Waals surface area contributed by atoms with Gasteiger partial charge in [0.15, 0.2) is 0 Å². The molecular formula is C8H15NO2. The van der Waals surface area contributed by atoms with Gasteiger partial charge in [0.1, 0.15) is 0 Å². The van der Waals surface area contributed by atoms with E-state index in [1.165, 1.54) is 0 Å². The Hall–Kier alpha value is -0.120. The van der Waals surface area contributed by atoms with Crippen LogP contribution < -0.4 is 5.32 Å². The van der Waals surface area contributed by atoms with Gasteiger partial charge in [0, 0.05) is 24.6 Å². The van der Waals surface area contributed by atoms with Gasteiger partial charge in [0.2, 0.25) is 0 Å². The molecule has 3 rings (SSSR count). The maximum absolute atomic E-state index is 9.07. The molecule has 0 radical (unpaired) electrons. The quantitative estimate of drug-likeness (QED) is 0.593. The number of aliphatic hydroxyl groups is 1. The molecule has 0 aromatic rings. The second-order valence-electron chi connectivity index (χ2n) is 4.08. The van der Waals surface area contributed by atoms with Crippen LogP contribution in [0.1, 0.15) is 12.8 Å². The van der Waals surface area contributed by atoms with Gasteiger partial charge in [-0.1, -0.05) is 0 Å². The molecule has 1 aliphatic carbocycles. The van der Waals surface area contributed by atoms with E-state index in [0.29, 0.717) is 6.61 Å². The second-order valence-corrected chi connectivity index (χ2v) is 4.08. The van der Waals surface area contributed by atoms with Crippen LogP contribution in [0.25, 0.3) is 0 Å². The predicted molar refractivity (Wildman–Crippen MR) is 41.4 cm³/mol. The summed E-state index contributed by atoms with van der Waals surface area (Å²) in [6.45, 7) is 2.08. The molecule has 2 saturated heterocycles. The minimum absolute atomic E-state index is 0.207. The van der Waals surface area contributed by atoms with Crippen LogP contribution in [0, 0.1) is 5.41 Å². The SMILES string of the molecule is COCC12CC(CO)(CN1)C2. The monoisotopic (exact) mass is 157 g/mol. The van der Waals surface area contributed by atoms with Gasteiger partial charge in [0.05, 0.1) is 13.2 Å². The maximum atomic E-state index is 9.07. The van der Waals surface area contributed by atoms with Gasteiger partial charge >= 0.3 is 0 Å². The van der Waals surface area contributed by atoms with E-state index < -0.39 is 0 Å². The number of nitrogens with one attached hydrogen (secondary N) is 1. The van der Waals surface area contributed by atoms with E-state index >= 15 is 0 Å². The van der Waals surface area contributed by atoms with Crippen LogP contribution in [0.5, 0.6) is 0 Å². The summed E-state index contributed by atoms with van der Waals surface area (Å²) in [5, 5.41) is 12.5. The van der Waals surface area contributed by atoms with E-state index in [0.717, 1.165) is 26.0 Å². The molecule has 0 aromatic heterocycles. The zero-order valence-electron chi connectivity index (χ0n) is 6.89. The van der Waals surface area contributed by atoms with Crippen molar-refractivity contribution in [1.82, 2.24) is 5.32 Å². The number of hydrogen-bond donors (Lipinski definition) is 2. The van der Waals surface area contributed by atoms with Crippen molar-refractivity contribution >= 4 is 0 Å². The zero-order chi connectivity index (χ0) is 7.95. The van der Waals surface area contributed by atoms with Gasteiger partial charge in [-0.25, -0.2) is 0 Å². The molecule has 2 aliphatic heterocycles. The molecule has 64 valence electrons. The van der Waals surface area contributed by atoms with E-state index in [4.69, 9.17) is 9.84 Å². The van der Waals surface area contributed by atoms with Crippen molar-refractivity contribution < 1.29 is 9.84 Å². The van der Waals surface area contributed by atoms with Gasteiger partial charge in [-0.05, 0) is 12.8 Å². The highest BCUT2D eigenvalue weighted by Crippen LogP contribution is 2.53. The first-order valence-corrected chi connectivity index (χ1v) is 4.09. The summed E-state index contributed by atoms with van der Waals surface area (Å²) in [5.41, 5.74) is 0.427. The summed E-state index contributed by atoms with van der Waals surface area (Å²) in [4.78, 5) is 0. The molecule has 3 fully saturated rings. The highest BCUT2D eigenvalue weighted by molar-refractivity contribution is 5.16. The number of aliphatic hydroxyl groups excluding tert-OH is 1. The van der Waals surface area contributed by atoms with Crippen molar-refractivity contribution in [3.63, 3.8) is 0 Å². The molecule has 3 heteroatoms. The highest BCUT2D eigenvalue weighted by atomic mass is 16.5. The molecule has 11 heavy (non-hydrogen) atoms. The van der Waals surface area contributed by atoms with Crippen LogP contribution in [0.15, 0.2) is 0 Å². The Labute approximate surface area is 66.7 Å². The molecule has 2 bridgehead atoms. The Morgan fingerprint density at radius 1 is 1.55 bits per heavy atom. The van der Waals surface area contributed by atoms with Gasteiger partial charge < -0.3 is 15.2 Å². The Morgan fingerprint density at radius 2 is 2.27 bits per heavy atom. The smallest absolute Gasteiger partial charge is 0.0644 e. The van der Waals surface area contributed by atoms with E-state index in [1.807, 2.05) is 0 Å². The van der Waals surface area contributed by atoms with E-state index in [2.05, 4.69) is 5.32 Å². The largest absolute Gasteiger partial charge is 0.396 e. The molecule has 2 heterocycles. The number of rotatable bonds is 3. The fourth-order valence-corrected chi connectivity index (χ4v) is 2.61. The van der Waals surface area contributed by atoms with Crippen molar-refractivity contribution in [2.75, 3.05) is 26.9 Å². The minimum Gasteiger partial charge on any atom is -0.396 e. The fourth-order valence-electron chi connectivity index (χ4n) is 2.61. The van der Waals surface area contributed by atoms with Crippen LogP contribution >= 0.6 is 0 Å². The molecule has 2 N–H and O–H groups in total. The Morgan fingerprint density at radius 3 is 2.73 bits per heavy atom. The van der Waals surface area contributed by atoms with Crippen LogP contribution in [-0.4, -0.2) is 37.5 Å². The van der Waals surface area contributed by atoms with Crippen LogP contribution in [0.4, 0.5) is 0 Å². The molecule has 0 atom stereocenters. The molecule has 3 nitrogen and oxygen atoms in total. The van der Waals surface area contributed by atoms with Gasteiger partial charge in [-0.15, -0.1) is 0 Å². The first-order chi connectivity index (χ1) is 5.24. The first-order valence-electron chi connectivity index (χ1n) is 4.09. The lowest BCUT2D eigenvalue weighted by molar-refractivity contribution is 0.000415. The summed E-state index contributed by atoms with van der Waals surface area (Å²) >= 11 is 0. The fraction of sp³-hybridized carbons (Fsp3) is 1.00. The van der Waals surface area contributed by atoms with Crippen LogP contribution in [-0.2, 0) is 4.74 Å². The maximum Gasteiger partial charge on any atom is 0.0644 e. The lowest BCUT2D eigenvalue weighted by Gasteiger charge is -2.44. The van der Waals surface area contributed by atoms with Crippen molar-refractivity contribution in [3.05, 3.63) is 0 Å². The van der Waals surface area contributed by atoms with Crippen LogP contribution in [0.3, 0.4) is 0 Å². The zero-order valence-corrected chi connectivity index (χ0v) is 6.89. The Bertz CT molecular complexity index is 163. The van der Waals surface area contributed by atoms with E-state index in [9.17, 15) is 0 Å². The topological polar surface area (TPSA) is 41.5 Å². The number of hydrogen-bond acceptors (Lipinski definition) is 3. The van der Waals surface area contributed by atoms with Gasteiger partial charge in [-0.2, -0.15) is 0 Å². The molecular weight excluding hydrogens is 142 g/mol. The standard InChI is InChI=1S/C8H15NO2/c1-11-6-8-2-7(3-8,5-10)4-9-8/h9-10H,2-6H2,1H3. The molecule has 0 unspecified atom stereocenters. The van der Waals surface area contributed by atoms with Crippen molar-refractivity contribution in [2.24, 2.45) is 5.41 Å².